The fourth-order valence-corrected chi connectivity index (χ4v) is 4.46. The molecule has 0 radical (unpaired) electrons. The molecule has 1 heterocycles. The second-order valence-electron chi connectivity index (χ2n) is 9.32. The number of anilines is 2. The Morgan fingerprint density at radius 3 is 2.20 bits per heavy atom. The lowest BCUT2D eigenvalue weighted by atomic mass is 9.87. The van der Waals surface area contributed by atoms with E-state index in [2.05, 4.69) is 38.2 Å². The average molecular weight is 445 g/mol. The van der Waals surface area contributed by atoms with Crippen molar-refractivity contribution in [1.82, 2.24) is 0 Å². The molecule has 0 bridgehead atoms. The molecule has 1 unspecified atom stereocenters. The number of nitrogens with zero attached hydrogens (tertiary/aromatic N) is 1. The molecule has 1 N–H and O–H groups in total. The van der Waals surface area contributed by atoms with Crippen molar-refractivity contribution in [1.29, 1.82) is 0 Å². The van der Waals surface area contributed by atoms with E-state index < -0.39 is 5.41 Å². The molecule has 2 aromatic rings. The number of hydrogen-bond donors (Lipinski definition) is 1. The molecule has 30 heavy (non-hydrogen) atoms. The number of alkyl halides is 1. The number of hydrogen-bond acceptors (Lipinski definition) is 3. The largest absolute Gasteiger partial charge is 0.326 e. The summed E-state index contributed by atoms with van der Waals surface area (Å²) in [7, 11) is 0. The summed E-state index contributed by atoms with van der Waals surface area (Å²) in [5, 5.41) is 2.83. The molecule has 6 heteroatoms. The molecule has 0 aliphatic carbocycles. The van der Waals surface area contributed by atoms with E-state index >= 15 is 0 Å². The molecule has 2 aromatic carbocycles. The van der Waals surface area contributed by atoms with Gasteiger partial charge in [0.05, 0.1) is 11.2 Å². The van der Waals surface area contributed by atoms with Crippen LogP contribution in [0.2, 0.25) is 0 Å². The lowest BCUT2D eigenvalue weighted by molar-refractivity contribution is -0.123. The Balaban J connectivity index is 1.79. The Hall–Kier alpha value is -1.98. The van der Waals surface area contributed by atoms with E-state index in [1.807, 2.05) is 55.1 Å². The molecular weight excluding hydrogens is 416 g/mol. The molecule has 1 saturated heterocycles. The maximum atomic E-state index is 12.6. The Labute approximate surface area is 188 Å². The van der Waals surface area contributed by atoms with Crippen LogP contribution in [0.15, 0.2) is 48.5 Å². The second-order valence-corrected chi connectivity index (χ2v) is 10.7. The summed E-state index contributed by atoms with van der Waals surface area (Å²) >= 11 is 7.50. The average Bonchev–Trinajstić information content (AvgIpc) is 3.09. The first kappa shape index (κ1) is 22.7. The van der Waals surface area contributed by atoms with Gasteiger partial charge in [-0.05, 0) is 54.7 Å². The third-order valence-corrected chi connectivity index (χ3v) is 7.16. The molecule has 160 valence electrons. The number of halogens is 1. The van der Waals surface area contributed by atoms with Gasteiger partial charge in [0.25, 0.3) is 0 Å². The highest BCUT2D eigenvalue weighted by Crippen LogP contribution is 2.42. The molecule has 4 nitrogen and oxygen atoms in total. The molecule has 0 aromatic heterocycles. The summed E-state index contributed by atoms with van der Waals surface area (Å²) < 4.78 is 0. The van der Waals surface area contributed by atoms with Crippen LogP contribution in [0.1, 0.15) is 51.1 Å². The molecule has 3 rings (SSSR count). The number of amides is 2. The van der Waals surface area contributed by atoms with Gasteiger partial charge >= 0.3 is 0 Å². The second kappa shape index (κ2) is 8.64. The van der Waals surface area contributed by atoms with Gasteiger partial charge in [-0.25, -0.2) is 0 Å². The van der Waals surface area contributed by atoms with Crippen LogP contribution >= 0.6 is 23.4 Å². The molecule has 0 saturated carbocycles. The molecule has 1 aliphatic heterocycles. The van der Waals surface area contributed by atoms with Crippen LogP contribution < -0.4 is 10.2 Å². The molecule has 2 amide bonds. The van der Waals surface area contributed by atoms with Crippen LogP contribution in [0.25, 0.3) is 0 Å². The minimum absolute atomic E-state index is 0.0694. The van der Waals surface area contributed by atoms with Crippen molar-refractivity contribution in [3.8, 4) is 0 Å². The van der Waals surface area contributed by atoms with Gasteiger partial charge in [-0.1, -0.05) is 45.0 Å². The van der Waals surface area contributed by atoms with Crippen molar-refractivity contribution in [2.45, 2.75) is 45.4 Å². The first-order valence-corrected chi connectivity index (χ1v) is 11.6. The van der Waals surface area contributed by atoms with Crippen molar-refractivity contribution >= 4 is 46.6 Å². The summed E-state index contributed by atoms with van der Waals surface area (Å²) in [6, 6.07) is 15.9. The zero-order valence-electron chi connectivity index (χ0n) is 18.2. The normalized spacial score (nSPS) is 17.3. The standard InChI is InChI=1S/C24H29ClN2O2S/c1-23(2,3)17-8-12-19(13-9-17)27-20(28)14-30-21(27)16-6-10-18(11-7-16)26-22(29)24(4,5)15-25/h6-13,21H,14-15H2,1-5H3,(H,26,29). The Morgan fingerprint density at radius 1 is 1.07 bits per heavy atom. The molecule has 0 spiro atoms. The van der Waals surface area contributed by atoms with Crippen LogP contribution in [-0.2, 0) is 15.0 Å². The number of benzene rings is 2. The van der Waals surface area contributed by atoms with Crippen LogP contribution in [0.5, 0.6) is 0 Å². The van der Waals surface area contributed by atoms with Gasteiger partial charge in [-0.2, -0.15) is 0 Å². The Morgan fingerprint density at radius 2 is 1.67 bits per heavy atom. The van der Waals surface area contributed by atoms with Gasteiger partial charge in [-0.15, -0.1) is 23.4 Å². The van der Waals surface area contributed by atoms with Gasteiger partial charge in [0, 0.05) is 17.3 Å². The molecule has 1 fully saturated rings. The van der Waals surface area contributed by atoms with Crippen molar-refractivity contribution in [3.05, 3.63) is 59.7 Å². The van der Waals surface area contributed by atoms with E-state index in [4.69, 9.17) is 11.6 Å². The summed E-state index contributed by atoms with van der Waals surface area (Å²) in [5.41, 5.74) is 3.33. The fourth-order valence-electron chi connectivity index (χ4n) is 3.16. The highest BCUT2D eigenvalue weighted by Gasteiger charge is 2.34. The third kappa shape index (κ3) is 4.84. The van der Waals surface area contributed by atoms with E-state index in [0.29, 0.717) is 5.75 Å². The van der Waals surface area contributed by atoms with Gasteiger partial charge in [0.2, 0.25) is 11.8 Å². The third-order valence-electron chi connectivity index (χ3n) is 5.28. The number of nitrogens with one attached hydrogen (secondary N) is 1. The number of thioether (sulfide) groups is 1. The number of rotatable bonds is 5. The zero-order chi connectivity index (χ0) is 22.1. The van der Waals surface area contributed by atoms with E-state index in [-0.39, 0.29) is 28.5 Å². The van der Waals surface area contributed by atoms with E-state index in [1.165, 1.54) is 5.56 Å². The van der Waals surface area contributed by atoms with Crippen LogP contribution in [0.4, 0.5) is 11.4 Å². The SMILES string of the molecule is CC(C)(CCl)C(=O)Nc1ccc(C2SCC(=O)N2c2ccc(C(C)(C)C)cc2)cc1. The van der Waals surface area contributed by atoms with Crippen molar-refractivity contribution < 1.29 is 9.59 Å². The van der Waals surface area contributed by atoms with Gasteiger partial charge in [0.1, 0.15) is 5.37 Å². The summed E-state index contributed by atoms with van der Waals surface area (Å²) in [5.74, 6) is 0.695. The molecular formula is C24H29ClN2O2S. The molecule has 1 aliphatic rings. The van der Waals surface area contributed by atoms with Crippen LogP contribution in [0.3, 0.4) is 0 Å². The van der Waals surface area contributed by atoms with Crippen LogP contribution in [0, 0.1) is 5.41 Å². The van der Waals surface area contributed by atoms with Crippen molar-refractivity contribution in [3.63, 3.8) is 0 Å². The minimum Gasteiger partial charge on any atom is -0.326 e. The van der Waals surface area contributed by atoms with Crippen LogP contribution in [-0.4, -0.2) is 23.4 Å². The van der Waals surface area contributed by atoms with Gasteiger partial charge in [0.15, 0.2) is 0 Å². The summed E-state index contributed by atoms with van der Waals surface area (Å²) in [6.07, 6.45) is 0. The van der Waals surface area contributed by atoms with Crippen molar-refractivity contribution in [2.24, 2.45) is 5.41 Å². The van der Waals surface area contributed by atoms with Gasteiger partial charge < -0.3 is 5.32 Å². The Kier molecular flexibility index (Phi) is 6.54. The highest BCUT2D eigenvalue weighted by molar-refractivity contribution is 8.00. The zero-order valence-corrected chi connectivity index (χ0v) is 19.7. The van der Waals surface area contributed by atoms with E-state index in [1.54, 1.807) is 11.8 Å². The maximum Gasteiger partial charge on any atom is 0.238 e. The van der Waals surface area contributed by atoms with Crippen molar-refractivity contribution in [2.75, 3.05) is 21.8 Å². The minimum atomic E-state index is -0.635. The monoisotopic (exact) mass is 444 g/mol. The summed E-state index contributed by atoms with van der Waals surface area (Å²) in [6.45, 7) is 10.2. The first-order chi connectivity index (χ1) is 14.0. The fraction of sp³-hybridized carbons (Fsp3) is 0.417. The highest BCUT2D eigenvalue weighted by atomic mass is 35.5. The number of carbonyl (C=O) groups excluding carboxylic acids is 2. The lowest BCUT2D eigenvalue weighted by Gasteiger charge is -2.26. The molecule has 1 atom stereocenters. The predicted octanol–water partition coefficient (Wildman–Crippen LogP) is 5.97. The Bertz CT molecular complexity index is 918. The predicted molar refractivity (Wildman–Crippen MR) is 127 cm³/mol. The van der Waals surface area contributed by atoms with E-state index in [9.17, 15) is 9.59 Å². The maximum absolute atomic E-state index is 12.6. The van der Waals surface area contributed by atoms with Gasteiger partial charge in [-0.3, -0.25) is 14.5 Å². The quantitative estimate of drug-likeness (QED) is 0.578. The first-order valence-electron chi connectivity index (χ1n) is 10.0. The van der Waals surface area contributed by atoms with E-state index in [0.717, 1.165) is 16.9 Å². The summed E-state index contributed by atoms with van der Waals surface area (Å²) in [4.78, 5) is 26.8. The lowest BCUT2D eigenvalue weighted by Crippen LogP contribution is -2.32. The smallest absolute Gasteiger partial charge is 0.238 e. The topological polar surface area (TPSA) is 49.4 Å². The number of carbonyl (C=O) groups is 2.